The Hall–Kier alpha value is -3.27. The van der Waals surface area contributed by atoms with Gasteiger partial charge in [-0.05, 0) is 36.7 Å². The van der Waals surface area contributed by atoms with E-state index in [1.807, 2.05) is 85.0 Å². The average molecular weight is 523 g/mol. The van der Waals surface area contributed by atoms with E-state index < -0.39 is 9.84 Å². The van der Waals surface area contributed by atoms with E-state index in [1.54, 1.807) is 27.8 Å². The van der Waals surface area contributed by atoms with Crippen LogP contribution in [0, 0.1) is 0 Å². The van der Waals surface area contributed by atoms with Gasteiger partial charge in [0.25, 0.3) is 5.91 Å². The highest BCUT2D eigenvalue weighted by atomic mass is 32.2. The molecule has 4 aromatic rings. The molecule has 0 saturated carbocycles. The van der Waals surface area contributed by atoms with E-state index in [9.17, 15) is 13.2 Å². The third-order valence-corrected chi connectivity index (χ3v) is 8.21. The molecule has 0 bridgehead atoms. The number of carbonyl (C=O) groups excluding carboxylic acids is 1. The summed E-state index contributed by atoms with van der Waals surface area (Å²) < 4.78 is 28.7. The molecule has 2 aromatic heterocycles. The maximum absolute atomic E-state index is 13.5. The number of sulfone groups is 1. The Labute approximate surface area is 216 Å². The summed E-state index contributed by atoms with van der Waals surface area (Å²) in [5.74, 6) is -0.217. The number of aromatic nitrogens is 2. The molecule has 0 aliphatic rings. The molecule has 2 heterocycles. The van der Waals surface area contributed by atoms with Gasteiger partial charge >= 0.3 is 0 Å². The molecule has 0 aliphatic carbocycles. The molecule has 0 unspecified atom stereocenters. The zero-order valence-corrected chi connectivity index (χ0v) is 22.1. The topological polar surface area (TPSA) is 75.5 Å². The summed E-state index contributed by atoms with van der Waals surface area (Å²) in [6.45, 7) is 1.79. The molecule has 36 heavy (non-hydrogen) atoms. The smallest absolute Gasteiger partial charge is 0.264 e. The first-order valence-electron chi connectivity index (χ1n) is 11.7. The molecule has 9 heteroatoms. The van der Waals surface area contributed by atoms with Crippen molar-refractivity contribution in [3.05, 3.63) is 106 Å². The van der Waals surface area contributed by atoms with Crippen LogP contribution in [0.5, 0.6) is 0 Å². The Morgan fingerprint density at radius 1 is 0.917 bits per heavy atom. The second-order valence-electron chi connectivity index (χ2n) is 8.86. The Bertz CT molecular complexity index is 1370. The van der Waals surface area contributed by atoms with Gasteiger partial charge in [0.1, 0.15) is 0 Å². The van der Waals surface area contributed by atoms with Gasteiger partial charge < -0.3 is 14.4 Å². The Balaban J connectivity index is 1.70. The monoisotopic (exact) mass is 522 g/mol. The maximum atomic E-state index is 13.5. The Morgan fingerprint density at radius 3 is 2.19 bits per heavy atom. The van der Waals surface area contributed by atoms with Gasteiger partial charge in [-0.1, -0.05) is 66.7 Å². The number of carbonyl (C=O) groups is 1. The fourth-order valence-electron chi connectivity index (χ4n) is 3.88. The molecular weight excluding hydrogens is 492 g/mol. The van der Waals surface area contributed by atoms with Gasteiger partial charge in [-0.25, -0.2) is 13.4 Å². The zero-order valence-electron chi connectivity index (χ0n) is 20.4. The van der Waals surface area contributed by atoms with Gasteiger partial charge in [0.05, 0.1) is 35.6 Å². The molecule has 1 amide bonds. The molecular formula is C27H30N4O3S2. The predicted octanol–water partition coefficient (Wildman–Crippen LogP) is 4.17. The van der Waals surface area contributed by atoms with Crippen LogP contribution >= 0.6 is 11.3 Å². The van der Waals surface area contributed by atoms with Gasteiger partial charge in [-0.3, -0.25) is 4.79 Å². The van der Waals surface area contributed by atoms with E-state index in [0.29, 0.717) is 35.8 Å². The van der Waals surface area contributed by atoms with Crippen molar-refractivity contribution in [1.82, 2.24) is 19.4 Å². The van der Waals surface area contributed by atoms with Crippen molar-refractivity contribution in [2.24, 2.45) is 0 Å². The maximum Gasteiger partial charge on any atom is 0.264 e. The lowest BCUT2D eigenvalue weighted by Crippen LogP contribution is -2.36. The quantitative estimate of drug-likeness (QED) is 0.296. The highest BCUT2D eigenvalue weighted by molar-refractivity contribution is 7.90. The van der Waals surface area contributed by atoms with Crippen LogP contribution in [0.4, 0.5) is 0 Å². The lowest BCUT2D eigenvalue weighted by Gasteiger charge is -2.25. The molecule has 0 aliphatic heterocycles. The van der Waals surface area contributed by atoms with Crippen LogP contribution in [0.25, 0.3) is 0 Å². The number of rotatable bonds is 11. The summed E-state index contributed by atoms with van der Waals surface area (Å²) in [6, 6.07) is 22.5. The van der Waals surface area contributed by atoms with E-state index in [2.05, 4.69) is 4.98 Å². The summed E-state index contributed by atoms with van der Waals surface area (Å²) >= 11 is 1.40. The van der Waals surface area contributed by atoms with E-state index in [0.717, 1.165) is 5.56 Å². The van der Waals surface area contributed by atoms with Gasteiger partial charge in [0, 0.05) is 13.1 Å². The summed E-state index contributed by atoms with van der Waals surface area (Å²) in [4.78, 5) is 22.1. The predicted molar refractivity (Wildman–Crippen MR) is 143 cm³/mol. The lowest BCUT2D eigenvalue weighted by atomic mass is 10.2. The Kier molecular flexibility index (Phi) is 8.35. The van der Waals surface area contributed by atoms with Crippen molar-refractivity contribution in [2.45, 2.75) is 24.0 Å². The van der Waals surface area contributed by atoms with Crippen LogP contribution in [0.1, 0.15) is 26.5 Å². The highest BCUT2D eigenvalue weighted by Crippen LogP contribution is 2.22. The number of hydrogen-bond acceptors (Lipinski definition) is 6. The first-order valence-corrected chi connectivity index (χ1v) is 14.2. The third kappa shape index (κ3) is 6.48. The minimum Gasteiger partial charge on any atom is -0.331 e. The van der Waals surface area contributed by atoms with E-state index in [1.165, 1.54) is 11.3 Å². The second kappa shape index (κ2) is 11.6. The summed E-state index contributed by atoms with van der Waals surface area (Å²) in [5, 5.41) is 1.90. The normalized spacial score (nSPS) is 11.6. The van der Waals surface area contributed by atoms with Gasteiger partial charge in [0.2, 0.25) is 15.0 Å². The van der Waals surface area contributed by atoms with E-state index in [4.69, 9.17) is 0 Å². The highest BCUT2D eigenvalue weighted by Gasteiger charge is 2.26. The number of nitrogens with zero attached hydrogens (tertiary/aromatic N) is 4. The molecule has 0 N–H and O–H groups in total. The van der Waals surface area contributed by atoms with Crippen molar-refractivity contribution in [3.8, 4) is 0 Å². The van der Waals surface area contributed by atoms with E-state index in [-0.39, 0.29) is 23.4 Å². The second-order valence-corrected chi connectivity index (χ2v) is 11.7. The summed E-state index contributed by atoms with van der Waals surface area (Å²) in [6.07, 6.45) is 1.59. The van der Waals surface area contributed by atoms with Crippen molar-refractivity contribution in [1.29, 1.82) is 0 Å². The fraction of sp³-hybridized carbons (Fsp3) is 0.259. The fourth-order valence-corrected chi connectivity index (χ4v) is 6.07. The van der Waals surface area contributed by atoms with Crippen LogP contribution in [-0.2, 0) is 28.7 Å². The minimum atomic E-state index is -3.73. The van der Waals surface area contributed by atoms with Gasteiger partial charge in [-0.2, -0.15) is 0 Å². The van der Waals surface area contributed by atoms with Crippen LogP contribution in [0.2, 0.25) is 0 Å². The van der Waals surface area contributed by atoms with Crippen molar-refractivity contribution in [3.63, 3.8) is 0 Å². The number of amides is 1. The summed E-state index contributed by atoms with van der Waals surface area (Å²) in [5.41, 5.74) is 2.33. The van der Waals surface area contributed by atoms with Crippen LogP contribution in [0.3, 0.4) is 0 Å². The van der Waals surface area contributed by atoms with Gasteiger partial charge in [0.15, 0.2) is 0 Å². The number of hydrogen-bond donors (Lipinski definition) is 0. The van der Waals surface area contributed by atoms with Crippen LogP contribution in [-0.4, -0.2) is 60.9 Å². The average Bonchev–Trinajstić information content (AvgIpc) is 3.53. The first-order chi connectivity index (χ1) is 17.3. The summed E-state index contributed by atoms with van der Waals surface area (Å²) in [7, 11) is 0.194. The molecule has 0 saturated heterocycles. The number of imidazole rings is 1. The van der Waals surface area contributed by atoms with Crippen molar-refractivity contribution in [2.75, 3.05) is 27.2 Å². The molecule has 4 rings (SSSR count). The largest absolute Gasteiger partial charge is 0.331 e. The SMILES string of the molecule is CN(C)CCN(Cc1cnc(S(=O)(=O)Cc2ccccc2)n1Cc1ccccc1)C(=O)c1cccs1. The minimum absolute atomic E-state index is 0.0151. The third-order valence-electron chi connectivity index (χ3n) is 5.75. The molecule has 7 nitrogen and oxygen atoms in total. The molecule has 0 fully saturated rings. The molecule has 188 valence electrons. The van der Waals surface area contributed by atoms with Crippen LogP contribution in [0.15, 0.2) is 89.5 Å². The molecule has 0 spiro atoms. The van der Waals surface area contributed by atoms with Gasteiger partial charge in [-0.15, -0.1) is 11.3 Å². The molecule has 0 atom stereocenters. The van der Waals surface area contributed by atoms with Crippen molar-refractivity contribution >= 4 is 27.1 Å². The molecule has 0 radical (unpaired) electrons. The standard InChI is InChI=1S/C27H30N4O3S2/c1-29(2)15-16-30(26(32)25-14-9-17-35-25)20-24-18-28-27(31(24)19-22-10-5-3-6-11-22)36(33,34)21-23-12-7-4-8-13-23/h3-14,17-18H,15-16,19-21H2,1-2H3. The number of benzene rings is 2. The number of likely N-dealkylation sites (N-methyl/N-ethyl adjacent to an activating group) is 1. The van der Waals surface area contributed by atoms with Crippen molar-refractivity contribution < 1.29 is 13.2 Å². The first kappa shape index (κ1) is 25.8. The molecule has 2 aromatic carbocycles. The lowest BCUT2D eigenvalue weighted by molar-refractivity contribution is 0.0733. The van der Waals surface area contributed by atoms with E-state index >= 15 is 0 Å². The number of thiophene rings is 1. The van der Waals surface area contributed by atoms with Crippen LogP contribution < -0.4 is 0 Å². The Morgan fingerprint density at radius 2 is 1.58 bits per heavy atom. The zero-order chi connectivity index (χ0) is 25.5.